The first-order chi connectivity index (χ1) is 10.5. The standard InChI is InChI=1S/C15H19N3O3S/c1-10(2)13(17-14(19)12-5-4-6-21-12)15(20)18(3)7-11-8-22-9-16-11/h4-6,8-10,13H,7H2,1-3H3,(H,17,19)/t13-/m1/s1. The molecular formula is C15H19N3O3S. The lowest BCUT2D eigenvalue weighted by atomic mass is 10.0. The van der Waals surface area contributed by atoms with Crippen LogP contribution in [0, 0.1) is 5.92 Å². The molecule has 0 saturated carbocycles. The van der Waals surface area contributed by atoms with Gasteiger partial charge in [-0.3, -0.25) is 9.59 Å². The lowest BCUT2D eigenvalue weighted by Gasteiger charge is -2.26. The molecule has 0 aromatic carbocycles. The van der Waals surface area contributed by atoms with Crippen molar-refractivity contribution in [2.45, 2.75) is 26.4 Å². The third kappa shape index (κ3) is 3.94. The van der Waals surface area contributed by atoms with Gasteiger partial charge in [-0.15, -0.1) is 11.3 Å². The van der Waals surface area contributed by atoms with Gasteiger partial charge in [0.05, 0.1) is 24.0 Å². The lowest BCUT2D eigenvalue weighted by Crippen LogP contribution is -2.50. The fraction of sp³-hybridized carbons (Fsp3) is 0.400. The highest BCUT2D eigenvalue weighted by atomic mass is 32.1. The van der Waals surface area contributed by atoms with Crippen molar-refractivity contribution in [3.05, 3.63) is 40.7 Å². The Morgan fingerprint density at radius 1 is 1.45 bits per heavy atom. The van der Waals surface area contributed by atoms with Gasteiger partial charge in [-0.05, 0) is 18.1 Å². The zero-order valence-electron chi connectivity index (χ0n) is 12.8. The van der Waals surface area contributed by atoms with E-state index in [-0.39, 0.29) is 23.5 Å². The zero-order valence-corrected chi connectivity index (χ0v) is 13.6. The number of thiazole rings is 1. The minimum atomic E-state index is -0.610. The first-order valence-electron chi connectivity index (χ1n) is 6.95. The number of nitrogens with one attached hydrogen (secondary N) is 1. The van der Waals surface area contributed by atoms with Crippen molar-refractivity contribution in [1.82, 2.24) is 15.2 Å². The van der Waals surface area contributed by atoms with Crippen LogP contribution in [-0.2, 0) is 11.3 Å². The van der Waals surface area contributed by atoms with Crippen molar-refractivity contribution in [2.75, 3.05) is 7.05 Å². The van der Waals surface area contributed by atoms with E-state index in [1.165, 1.54) is 17.6 Å². The molecule has 0 unspecified atom stereocenters. The summed E-state index contributed by atoms with van der Waals surface area (Å²) in [7, 11) is 1.70. The Kier molecular flexibility index (Phi) is 5.32. The Labute approximate surface area is 133 Å². The maximum Gasteiger partial charge on any atom is 0.287 e. The predicted molar refractivity (Wildman–Crippen MR) is 83.4 cm³/mol. The maximum atomic E-state index is 12.6. The fourth-order valence-corrected chi connectivity index (χ4v) is 2.56. The average Bonchev–Trinajstić information content (AvgIpc) is 3.16. The molecular weight excluding hydrogens is 302 g/mol. The molecule has 6 nitrogen and oxygen atoms in total. The third-order valence-corrected chi connectivity index (χ3v) is 3.86. The number of nitrogens with zero attached hydrogens (tertiary/aromatic N) is 2. The highest BCUT2D eigenvalue weighted by Gasteiger charge is 2.28. The minimum Gasteiger partial charge on any atom is -0.459 e. The van der Waals surface area contributed by atoms with E-state index in [4.69, 9.17) is 4.42 Å². The molecule has 2 aromatic heterocycles. The van der Waals surface area contributed by atoms with Crippen LogP contribution in [0.15, 0.2) is 33.7 Å². The molecule has 118 valence electrons. The third-order valence-electron chi connectivity index (χ3n) is 3.22. The largest absolute Gasteiger partial charge is 0.459 e. The molecule has 0 spiro atoms. The van der Waals surface area contributed by atoms with Gasteiger partial charge in [-0.25, -0.2) is 4.98 Å². The summed E-state index contributed by atoms with van der Waals surface area (Å²) in [6.07, 6.45) is 1.43. The number of carbonyl (C=O) groups excluding carboxylic acids is 2. The highest BCUT2D eigenvalue weighted by molar-refractivity contribution is 7.07. The van der Waals surface area contributed by atoms with Gasteiger partial charge in [0, 0.05) is 12.4 Å². The summed E-state index contributed by atoms with van der Waals surface area (Å²) >= 11 is 1.49. The second-order valence-corrected chi connectivity index (χ2v) is 6.07. The van der Waals surface area contributed by atoms with E-state index in [1.807, 2.05) is 19.2 Å². The van der Waals surface area contributed by atoms with Gasteiger partial charge < -0.3 is 14.6 Å². The summed E-state index contributed by atoms with van der Waals surface area (Å²) in [6, 6.07) is 2.59. The van der Waals surface area contributed by atoms with E-state index >= 15 is 0 Å². The van der Waals surface area contributed by atoms with Gasteiger partial charge in [0.1, 0.15) is 6.04 Å². The van der Waals surface area contributed by atoms with Crippen molar-refractivity contribution in [3.8, 4) is 0 Å². The van der Waals surface area contributed by atoms with Crippen molar-refractivity contribution in [2.24, 2.45) is 5.92 Å². The molecule has 7 heteroatoms. The van der Waals surface area contributed by atoms with Crippen LogP contribution >= 0.6 is 11.3 Å². The van der Waals surface area contributed by atoms with E-state index in [2.05, 4.69) is 10.3 Å². The number of aromatic nitrogens is 1. The summed E-state index contributed by atoms with van der Waals surface area (Å²) in [5.74, 6) is -0.382. The Balaban J connectivity index is 2.03. The molecule has 1 N–H and O–H groups in total. The Bertz CT molecular complexity index is 608. The molecule has 2 amide bonds. The maximum absolute atomic E-state index is 12.6. The Morgan fingerprint density at radius 3 is 2.77 bits per heavy atom. The van der Waals surface area contributed by atoms with Gasteiger partial charge in [0.2, 0.25) is 5.91 Å². The molecule has 1 atom stereocenters. The van der Waals surface area contributed by atoms with Gasteiger partial charge in [-0.1, -0.05) is 13.8 Å². The minimum absolute atomic E-state index is 0.0377. The monoisotopic (exact) mass is 321 g/mol. The quantitative estimate of drug-likeness (QED) is 0.884. The number of rotatable bonds is 6. The van der Waals surface area contributed by atoms with Crippen molar-refractivity contribution < 1.29 is 14.0 Å². The molecule has 0 bridgehead atoms. The summed E-state index contributed by atoms with van der Waals surface area (Å²) < 4.78 is 5.06. The van der Waals surface area contributed by atoms with E-state index in [1.54, 1.807) is 29.6 Å². The Hall–Kier alpha value is -2.15. The molecule has 0 radical (unpaired) electrons. The van der Waals surface area contributed by atoms with Gasteiger partial charge in [0.15, 0.2) is 5.76 Å². The SMILES string of the molecule is CC(C)[C@@H](NC(=O)c1ccco1)C(=O)N(C)Cc1cscn1. The van der Waals surface area contributed by atoms with Gasteiger partial charge in [-0.2, -0.15) is 0 Å². The molecule has 2 heterocycles. The summed E-state index contributed by atoms with van der Waals surface area (Å²) in [4.78, 5) is 30.4. The van der Waals surface area contributed by atoms with Gasteiger partial charge in [0.25, 0.3) is 5.91 Å². The molecule has 2 rings (SSSR count). The molecule has 0 aliphatic heterocycles. The van der Waals surface area contributed by atoms with Crippen LogP contribution in [0.1, 0.15) is 30.1 Å². The molecule has 0 saturated heterocycles. The molecule has 0 aliphatic rings. The zero-order chi connectivity index (χ0) is 16.1. The molecule has 0 aliphatic carbocycles. The van der Waals surface area contributed by atoms with Crippen LogP contribution in [0.2, 0.25) is 0 Å². The molecule has 0 fully saturated rings. The number of amides is 2. The van der Waals surface area contributed by atoms with Crippen molar-refractivity contribution >= 4 is 23.2 Å². The first kappa shape index (κ1) is 16.2. The molecule has 22 heavy (non-hydrogen) atoms. The smallest absolute Gasteiger partial charge is 0.287 e. The van der Waals surface area contributed by atoms with Crippen LogP contribution < -0.4 is 5.32 Å². The van der Waals surface area contributed by atoms with E-state index < -0.39 is 6.04 Å². The summed E-state index contributed by atoms with van der Waals surface area (Å²) in [5, 5.41) is 4.64. The van der Waals surface area contributed by atoms with E-state index in [9.17, 15) is 9.59 Å². The van der Waals surface area contributed by atoms with Crippen LogP contribution in [0.4, 0.5) is 0 Å². The predicted octanol–water partition coefficient (Wildman–Crippen LogP) is 2.15. The van der Waals surface area contributed by atoms with Crippen LogP contribution in [0.3, 0.4) is 0 Å². The Morgan fingerprint density at radius 2 is 2.23 bits per heavy atom. The topological polar surface area (TPSA) is 75.4 Å². The normalized spacial score (nSPS) is 12.2. The van der Waals surface area contributed by atoms with Gasteiger partial charge >= 0.3 is 0 Å². The van der Waals surface area contributed by atoms with E-state index in [0.29, 0.717) is 6.54 Å². The number of hydrogen-bond donors (Lipinski definition) is 1. The number of carbonyl (C=O) groups is 2. The number of furan rings is 1. The number of hydrogen-bond acceptors (Lipinski definition) is 5. The van der Waals surface area contributed by atoms with Crippen molar-refractivity contribution in [3.63, 3.8) is 0 Å². The van der Waals surface area contributed by atoms with Crippen LogP contribution in [0.25, 0.3) is 0 Å². The van der Waals surface area contributed by atoms with Crippen molar-refractivity contribution in [1.29, 1.82) is 0 Å². The van der Waals surface area contributed by atoms with Crippen LogP contribution in [0.5, 0.6) is 0 Å². The van der Waals surface area contributed by atoms with E-state index in [0.717, 1.165) is 5.69 Å². The fourth-order valence-electron chi connectivity index (χ4n) is 2.01. The van der Waals surface area contributed by atoms with Crippen LogP contribution in [-0.4, -0.2) is 34.8 Å². The second-order valence-electron chi connectivity index (χ2n) is 5.35. The number of likely N-dealkylation sites (N-methyl/N-ethyl adjacent to an activating group) is 1. The molecule has 2 aromatic rings. The first-order valence-corrected chi connectivity index (χ1v) is 7.89. The summed E-state index contributed by atoms with van der Waals surface area (Å²) in [5.41, 5.74) is 2.56. The lowest BCUT2D eigenvalue weighted by molar-refractivity contribution is -0.133. The summed E-state index contributed by atoms with van der Waals surface area (Å²) in [6.45, 7) is 4.20. The highest BCUT2D eigenvalue weighted by Crippen LogP contribution is 2.11. The second kappa shape index (κ2) is 7.22. The average molecular weight is 321 g/mol.